The minimum Gasteiger partial charge on any atom is -0.399 e. The average Bonchev–Trinajstić information content (AvgIpc) is 2.22. The second-order valence-corrected chi connectivity index (χ2v) is 5.18. The smallest absolute Gasteiger partial charge is 0.139 e. The van der Waals surface area contributed by atoms with E-state index in [9.17, 15) is 0 Å². The predicted octanol–water partition coefficient (Wildman–Crippen LogP) is 0.419. The van der Waals surface area contributed by atoms with E-state index in [4.69, 9.17) is 15.2 Å². The molecular weight excluding hydrogens is 206 g/mol. The minimum absolute atomic E-state index is 0.0105. The number of benzene rings is 1. The Morgan fingerprint density at radius 1 is 1.13 bits per heavy atom. The molecule has 0 aliphatic rings. The molecule has 4 heteroatoms. The van der Waals surface area contributed by atoms with Crippen molar-refractivity contribution in [1.82, 2.24) is 0 Å². The third-order valence-electron chi connectivity index (χ3n) is 2.09. The summed E-state index contributed by atoms with van der Waals surface area (Å²) in [6, 6.07) is 7.98. The van der Waals surface area contributed by atoms with E-state index < -0.39 is 9.52 Å². The van der Waals surface area contributed by atoms with Crippen LogP contribution in [0.4, 0.5) is 5.69 Å². The Hall–Kier alpha value is -0.843. The van der Waals surface area contributed by atoms with Gasteiger partial charge in [0.1, 0.15) is 15.4 Å². The van der Waals surface area contributed by atoms with Crippen LogP contribution in [-0.4, -0.2) is 28.6 Å². The second-order valence-electron chi connectivity index (χ2n) is 3.29. The summed E-state index contributed by atoms with van der Waals surface area (Å²) in [5, 5.41) is 1.32. The molecule has 0 atom stereocenters. The van der Waals surface area contributed by atoms with Crippen molar-refractivity contribution in [2.45, 2.75) is 19.8 Å². The van der Waals surface area contributed by atoms with Crippen molar-refractivity contribution >= 4 is 20.4 Å². The topological polar surface area (TPSA) is 44.5 Å². The van der Waals surface area contributed by atoms with E-state index in [0.29, 0.717) is 13.2 Å². The largest absolute Gasteiger partial charge is 0.399 e. The van der Waals surface area contributed by atoms with Crippen LogP contribution in [-0.2, 0) is 9.47 Å². The first-order valence-electron chi connectivity index (χ1n) is 5.33. The first kappa shape index (κ1) is 12.2. The maximum atomic E-state index is 5.63. The number of rotatable bonds is 6. The highest BCUT2D eigenvalue weighted by Crippen LogP contribution is 1.98. The van der Waals surface area contributed by atoms with Crippen LogP contribution in [0.3, 0.4) is 0 Å². The standard InChI is InChI=1S/C11H19NO2Si/c1-3-13-11(14-4-2)15-10-7-5-9(12)6-8-10/h5-8,11H,3-4,12,15H2,1-2H3. The van der Waals surface area contributed by atoms with Gasteiger partial charge in [-0.2, -0.15) is 0 Å². The van der Waals surface area contributed by atoms with E-state index in [0.717, 1.165) is 5.69 Å². The lowest BCUT2D eigenvalue weighted by atomic mass is 10.3. The van der Waals surface area contributed by atoms with Gasteiger partial charge in [0.05, 0.1) is 0 Å². The Labute approximate surface area is 93.4 Å². The molecule has 1 aromatic carbocycles. The lowest BCUT2D eigenvalue weighted by Crippen LogP contribution is -2.33. The highest BCUT2D eigenvalue weighted by molar-refractivity contribution is 6.54. The molecule has 0 saturated heterocycles. The summed E-state index contributed by atoms with van der Waals surface area (Å²) in [5.41, 5.74) is 6.43. The zero-order valence-electron chi connectivity index (χ0n) is 9.40. The third-order valence-corrected chi connectivity index (χ3v) is 3.83. The van der Waals surface area contributed by atoms with Crippen LogP contribution >= 0.6 is 0 Å². The number of anilines is 1. The van der Waals surface area contributed by atoms with E-state index in [2.05, 4.69) is 12.1 Å². The lowest BCUT2D eigenvalue weighted by Gasteiger charge is -2.16. The first-order chi connectivity index (χ1) is 7.26. The number of ether oxygens (including phenoxy) is 2. The molecule has 3 nitrogen and oxygen atoms in total. The summed E-state index contributed by atoms with van der Waals surface area (Å²) >= 11 is 0. The molecule has 0 radical (unpaired) electrons. The fraction of sp³-hybridized carbons (Fsp3) is 0.455. The molecule has 84 valence electrons. The third kappa shape index (κ3) is 4.46. The van der Waals surface area contributed by atoms with E-state index in [1.165, 1.54) is 5.19 Å². The van der Waals surface area contributed by atoms with Gasteiger partial charge in [-0.05, 0) is 26.0 Å². The molecule has 1 rings (SSSR count). The number of nitrogens with two attached hydrogens (primary N) is 1. The molecule has 1 aromatic rings. The van der Waals surface area contributed by atoms with E-state index in [-0.39, 0.29) is 5.91 Å². The average molecular weight is 225 g/mol. The second kappa shape index (κ2) is 6.61. The maximum Gasteiger partial charge on any atom is 0.139 e. The van der Waals surface area contributed by atoms with Crippen molar-refractivity contribution in [1.29, 1.82) is 0 Å². The first-order valence-corrected chi connectivity index (χ1v) is 6.86. The Bertz CT molecular complexity index is 270. The van der Waals surface area contributed by atoms with Gasteiger partial charge in [0.15, 0.2) is 0 Å². The van der Waals surface area contributed by atoms with Crippen molar-refractivity contribution in [2.75, 3.05) is 18.9 Å². The molecule has 0 amide bonds. The fourth-order valence-electron chi connectivity index (χ4n) is 1.38. The Morgan fingerprint density at radius 3 is 2.13 bits per heavy atom. The van der Waals surface area contributed by atoms with Crippen LogP contribution in [0.1, 0.15) is 13.8 Å². The van der Waals surface area contributed by atoms with Crippen LogP contribution in [0.15, 0.2) is 24.3 Å². The molecule has 0 aromatic heterocycles. The van der Waals surface area contributed by atoms with Crippen molar-refractivity contribution < 1.29 is 9.47 Å². The normalized spacial score (nSPS) is 11.7. The van der Waals surface area contributed by atoms with Gasteiger partial charge in [-0.25, -0.2) is 0 Å². The number of hydrogen-bond donors (Lipinski definition) is 1. The summed E-state index contributed by atoms with van der Waals surface area (Å²) in [6.45, 7) is 5.38. The lowest BCUT2D eigenvalue weighted by molar-refractivity contribution is -0.0817. The Kier molecular flexibility index (Phi) is 5.38. The van der Waals surface area contributed by atoms with Gasteiger partial charge < -0.3 is 15.2 Å². The summed E-state index contributed by atoms with van der Waals surface area (Å²) < 4.78 is 11.0. The van der Waals surface area contributed by atoms with Crippen LogP contribution in [0.2, 0.25) is 0 Å². The molecule has 0 saturated carbocycles. The highest BCUT2D eigenvalue weighted by atomic mass is 28.2. The number of hydrogen-bond acceptors (Lipinski definition) is 3. The SMILES string of the molecule is CCOC(OCC)[SiH2]c1ccc(N)cc1. The summed E-state index contributed by atoms with van der Waals surface area (Å²) in [7, 11) is -0.535. The Morgan fingerprint density at radius 2 is 1.67 bits per heavy atom. The van der Waals surface area contributed by atoms with E-state index in [1.54, 1.807) is 0 Å². The van der Waals surface area contributed by atoms with E-state index >= 15 is 0 Å². The molecule has 2 N–H and O–H groups in total. The van der Waals surface area contributed by atoms with Gasteiger partial charge in [0.2, 0.25) is 0 Å². The van der Waals surface area contributed by atoms with Crippen molar-refractivity contribution in [3.05, 3.63) is 24.3 Å². The molecule has 0 aliphatic heterocycles. The van der Waals surface area contributed by atoms with Crippen molar-refractivity contribution in [3.63, 3.8) is 0 Å². The molecule has 0 bridgehead atoms. The van der Waals surface area contributed by atoms with E-state index in [1.807, 2.05) is 26.0 Å². The van der Waals surface area contributed by atoms with Crippen LogP contribution in [0, 0.1) is 0 Å². The van der Waals surface area contributed by atoms with Crippen LogP contribution < -0.4 is 10.9 Å². The maximum absolute atomic E-state index is 5.63. The predicted molar refractivity (Wildman–Crippen MR) is 66.1 cm³/mol. The summed E-state index contributed by atoms with van der Waals surface area (Å²) in [4.78, 5) is 0. The Balaban J connectivity index is 2.53. The molecule has 0 unspecified atom stereocenters. The quantitative estimate of drug-likeness (QED) is 0.433. The van der Waals surface area contributed by atoms with Gasteiger partial charge >= 0.3 is 0 Å². The zero-order valence-corrected chi connectivity index (χ0v) is 10.8. The molecule has 0 aliphatic carbocycles. The number of nitrogen functional groups attached to an aromatic ring is 1. The van der Waals surface area contributed by atoms with Gasteiger partial charge in [-0.1, -0.05) is 17.3 Å². The highest BCUT2D eigenvalue weighted by Gasteiger charge is 2.09. The molecule has 15 heavy (non-hydrogen) atoms. The monoisotopic (exact) mass is 225 g/mol. The fourth-order valence-corrected chi connectivity index (χ4v) is 2.98. The molecular formula is C11H19NO2Si. The van der Waals surface area contributed by atoms with Crippen LogP contribution in [0.5, 0.6) is 0 Å². The van der Waals surface area contributed by atoms with Crippen molar-refractivity contribution in [3.8, 4) is 0 Å². The van der Waals surface area contributed by atoms with Gasteiger partial charge in [0, 0.05) is 18.9 Å². The van der Waals surface area contributed by atoms with Gasteiger partial charge in [-0.3, -0.25) is 0 Å². The molecule has 0 fully saturated rings. The summed E-state index contributed by atoms with van der Waals surface area (Å²) in [5.74, 6) is -0.0105. The zero-order chi connectivity index (χ0) is 11.1. The van der Waals surface area contributed by atoms with Crippen molar-refractivity contribution in [2.24, 2.45) is 0 Å². The van der Waals surface area contributed by atoms with Gasteiger partial charge in [0.25, 0.3) is 0 Å². The molecule has 0 heterocycles. The van der Waals surface area contributed by atoms with Gasteiger partial charge in [-0.15, -0.1) is 0 Å². The van der Waals surface area contributed by atoms with Crippen LogP contribution in [0.25, 0.3) is 0 Å². The minimum atomic E-state index is -0.535. The molecule has 0 spiro atoms. The summed E-state index contributed by atoms with van der Waals surface area (Å²) in [6.07, 6.45) is 0.